The third-order valence-corrected chi connectivity index (χ3v) is 6.31. The molecule has 2 atom stereocenters. The van der Waals surface area contributed by atoms with Crippen molar-refractivity contribution in [3.05, 3.63) is 29.8 Å². The summed E-state index contributed by atoms with van der Waals surface area (Å²) in [5.41, 5.74) is 6.40. The normalized spacial score (nSPS) is 23.3. The summed E-state index contributed by atoms with van der Waals surface area (Å²) in [6, 6.07) is 6.56. The van der Waals surface area contributed by atoms with Gasteiger partial charge < -0.3 is 16.0 Å². The molecule has 3 N–H and O–H groups in total. The second-order valence-corrected chi connectivity index (χ2v) is 8.59. The van der Waals surface area contributed by atoms with Gasteiger partial charge in [0.15, 0.2) is 0 Å². The number of carbonyl (C=O) groups excluding carboxylic acids is 2. The highest BCUT2D eigenvalue weighted by Crippen LogP contribution is 2.23. The molecule has 154 valence electrons. The quantitative estimate of drug-likeness (QED) is 0.788. The van der Waals surface area contributed by atoms with Crippen molar-refractivity contribution in [1.82, 2.24) is 9.80 Å². The van der Waals surface area contributed by atoms with Gasteiger partial charge in [-0.25, -0.2) is 0 Å². The Morgan fingerprint density at radius 2 is 1.82 bits per heavy atom. The van der Waals surface area contributed by atoms with E-state index in [-0.39, 0.29) is 11.9 Å². The van der Waals surface area contributed by atoms with E-state index in [0.717, 1.165) is 32.0 Å². The molecule has 1 aromatic carbocycles. The maximum atomic E-state index is 12.7. The Bertz CT molecular complexity index is 668. The van der Waals surface area contributed by atoms with Crippen LogP contribution in [0.2, 0.25) is 0 Å². The second kappa shape index (κ2) is 9.52. The van der Waals surface area contributed by atoms with E-state index in [1.807, 2.05) is 6.92 Å². The SMILES string of the molecule is CC1CCN(CC2CCCN(C(C)C(=O)Nc3ccc(C(N)=O)cc3)C2)CC1. The van der Waals surface area contributed by atoms with Crippen LogP contribution in [0, 0.1) is 11.8 Å². The molecule has 0 bridgehead atoms. The van der Waals surface area contributed by atoms with Crippen molar-refractivity contribution in [2.24, 2.45) is 17.6 Å². The van der Waals surface area contributed by atoms with Crippen LogP contribution >= 0.6 is 0 Å². The minimum absolute atomic E-state index is 0.000674. The number of nitrogens with two attached hydrogens (primary N) is 1. The Hall–Kier alpha value is -1.92. The van der Waals surface area contributed by atoms with Crippen molar-refractivity contribution in [1.29, 1.82) is 0 Å². The third-order valence-electron chi connectivity index (χ3n) is 6.31. The zero-order valence-corrected chi connectivity index (χ0v) is 17.2. The first-order chi connectivity index (χ1) is 13.4. The fourth-order valence-corrected chi connectivity index (χ4v) is 4.34. The number of rotatable bonds is 6. The molecule has 6 nitrogen and oxygen atoms in total. The zero-order chi connectivity index (χ0) is 20.1. The standard InChI is InChI=1S/C22H34N4O2/c1-16-9-12-25(13-10-16)14-18-4-3-11-26(15-18)17(2)22(28)24-20-7-5-19(6-8-20)21(23)27/h5-8,16-18H,3-4,9-15H2,1-2H3,(H2,23,27)(H,24,28). The van der Waals surface area contributed by atoms with Gasteiger partial charge in [0.05, 0.1) is 6.04 Å². The highest BCUT2D eigenvalue weighted by molar-refractivity contribution is 5.96. The molecular weight excluding hydrogens is 352 g/mol. The Morgan fingerprint density at radius 3 is 2.46 bits per heavy atom. The molecule has 2 fully saturated rings. The summed E-state index contributed by atoms with van der Waals surface area (Å²) in [5, 5.41) is 2.96. The number of carbonyl (C=O) groups is 2. The van der Waals surface area contributed by atoms with Crippen molar-refractivity contribution >= 4 is 17.5 Å². The first-order valence-electron chi connectivity index (χ1n) is 10.6. The van der Waals surface area contributed by atoms with E-state index in [4.69, 9.17) is 5.73 Å². The molecule has 1 aromatic rings. The molecule has 0 aliphatic carbocycles. The lowest BCUT2D eigenvalue weighted by Crippen LogP contribution is -2.49. The average molecular weight is 387 g/mol. The highest BCUT2D eigenvalue weighted by Gasteiger charge is 2.29. The Labute approximate surface area is 168 Å². The molecular formula is C22H34N4O2. The minimum atomic E-state index is -0.464. The average Bonchev–Trinajstić information content (AvgIpc) is 2.70. The molecule has 0 aromatic heterocycles. The molecule has 2 heterocycles. The van der Waals surface area contributed by atoms with Crippen LogP contribution in [0.3, 0.4) is 0 Å². The van der Waals surface area contributed by atoms with Crippen LogP contribution in [0.4, 0.5) is 5.69 Å². The number of likely N-dealkylation sites (tertiary alicyclic amines) is 2. The van der Waals surface area contributed by atoms with Crippen LogP contribution in [0.1, 0.15) is 49.9 Å². The molecule has 3 rings (SSSR count). The lowest BCUT2D eigenvalue weighted by Gasteiger charge is -2.39. The van der Waals surface area contributed by atoms with Gasteiger partial charge >= 0.3 is 0 Å². The van der Waals surface area contributed by atoms with E-state index in [1.165, 1.54) is 32.4 Å². The molecule has 2 amide bonds. The molecule has 28 heavy (non-hydrogen) atoms. The first kappa shape index (κ1) is 20.8. The van der Waals surface area contributed by atoms with Crippen molar-refractivity contribution in [2.45, 2.75) is 45.6 Å². The van der Waals surface area contributed by atoms with Crippen LogP contribution in [0.5, 0.6) is 0 Å². The predicted molar refractivity (Wildman–Crippen MR) is 112 cm³/mol. The summed E-state index contributed by atoms with van der Waals surface area (Å²) in [5.74, 6) is 1.04. The molecule has 2 saturated heterocycles. The van der Waals surface area contributed by atoms with Crippen LogP contribution in [0.15, 0.2) is 24.3 Å². The number of hydrogen-bond acceptors (Lipinski definition) is 4. The van der Waals surface area contributed by atoms with E-state index in [1.54, 1.807) is 24.3 Å². The Balaban J connectivity index is 1.50. The fraction of sp³-hybridized carbons (Fsp3) is 0.636. The van der Waals surface area contributed by atoms with Crippen LogP contribution in [-0.2, 0) is 4.79 Å². The highest BCUT2D eigenvalue weighted by atomic mass is 16.2. The third kappa shape index (κ3) is 5.55. The number of hydrogen-bond donors (Lipinski definition) is 2. The zero-order valence-electron chi connectivity index (χ0n) is 17.2. The number of piperidine rings is 2. The fourth-order valence-electron chi connectivity index (χ4n) is 4.34. The Morgan fingerprint density at radius 1 is 1.14 bits per heavy atom. The van der Waals surface area contributed by atoms with Gasteiger partial charge in [-0.3, -0.25) is 14.5 Å². The number of anilines is 1. The molecule has 2 aliphatic heterocycles. The van der Waals surface area contributed by atoms with E-state index in [9.17, 15) is 9.59 Å². The lowest BCUT2D eigenvalue weighted by molar-refractivity contribution is -0.121. The van der Waals surface area contributed by atoms with Crippen LogP contribution in [-0.4, -0.2) is 60.4 Å². The van der Waals surface area contributed by atoms with Crippen molar-refractivity contribution in [3.63, 3.8) is 0 Å². The maximum Gasteiger partial charge on any atom is 0.248 e. The number of primary amides is 1. The first-order valence-corrected chi connectivity index (χ1v) is 10.6. The van der Waals surface area contributed by atoms with Crippen molar-refractivity contribution in [2.75, 3.05) is 38.0 Å². The maximum absolute atomic E-state index is 12.7. The van der Waals surface area contributed by atoms with E-state index < -0.39 is 5.91 Å². The molecule has 6 heteroatoms. The van der Waals surface area contributed by atoms with Crippen molar-refractivity contribution in [3.8, 4) is 0 Å². The Kier molecular flexibility index (Phi) is 7.08. The van der Waals surface area contributed by atoms with Gasteiger partial charge in [0, 0.05) is 24.3 Å². The largest absolute Gasteiger partial charge is 0.366 e. The molecule has 0 spiro atoms. The van der Waals surface area contributed by atoms with Crippen LogP contribution < -0.4 is 11.1 Å². The van der Waals surface area contributed by atoms with Gasteiger partial charge in [0.1, 0.15) is 0 Å². The molecule has 0 radical (unpaired) electrons. The lowest BCUT2D eigenvalue weighted by atomic mass is 9.93. The number of amides is 2. The van der Waals surface area contributed by atoms with E-state index in [2.05, 4.69) is 22.0 Å². The van der Waals surface area contributed by atoms with Gasteiger partial charge in [0.2, 0.25) is 11.8 Å². The number of benzene rings is 1. The van der Waals surface area contributed by atoms with Gasteiger partial charge in [0.25, 0.3) is 0 Å². The van der Waals surface area contributed by atoms with Gasteiger partial charge in [-0.05, 0) is 88.3 Å². The monoisotopic (exact) mass is 386 g/mol. The predicted octanol–water partition coefficient (Wildman–Crippen LogP) is 2.56. The van der Waals surface area contributed by atoms with Crippen LogP contribution in [0.25, 0.3) is 0 Å². The summed E-state index contributed by atoms with van der Waals surface area (Å²) in [4.78, 5) is 28.8. The summed E-state index contributed by atoms with van der Waals surface area (Å²) >= 11 is 0. The molecule has 2 aliphatic rings. The van der Waals surface area contributed by atoms with Gasteiger partial charge in [-0.2, -0.15) is 0 Å². The van der Waals surface area contributed by atoms with Gasteiger partial charge in [-0.15, -0.1) is 0 Å². The second-order valence-electron chi connectivity index (χ2n) is 8.59. The topological polar surface area (TPSA) is 78.7 Å². The summed E-state index contributed by atoms with van der Waals surface area (Å²) in [6.07, 6.45) is 5.03. The molecule has 0 saturated carbocycles. The van der Waals surface area contributed by atoms with E-state index >= 15 is 0 Å². The number of nitrogens with one attached hydrogen (secondary N) is 1. The summed E-state index contributed by atoms with van der Waals surface area (Å²) in [6.45, 7) is 9.89. The number of nitrogens with zero attached hydrogens (tertiary/aromatic N) is 2. The summed E-state index contributed by atoms with van der Waals surface area (Å²) < 4.78 is 0. The minimum Gasteiger partial charge on any atom is -0.366 e. The molecule has 2 unspecified atom stereocenters. The summed E-state index contributed by atoms with van der Waals surface area (Å²) in [7, 11) is 0. The van der Waals surface area contributed by atoms with Gasteiger partial charge in [-0.1, -0.05) is 6.92 Å². The van der Waals surface area contributed by atoms with Crippen molar-refractivity contribution < 1.29 is 9.59 Å². The smallest absolute Gasteiger partial charge is 0.248 e. The van der Waals surface area contributed by atoms with E-state index in [0.29, 0.717) is 17.2 Å².